The van der Waals surface area contributed by atoms with Gasteiger partial charge in [-0.25, -0.2) is 9.97 Å². The highest BCUT2D eigenvalue weighted by atomic mass is 15.4. The number of nitrogens with zero attached hydrogens (tertiary/aromatic N) is 7. The lowest BCUT2D eigenvalue weighted by Gasteiger charge is -2.41. The summed E-state index contributed by atoms with van der Waals surface area (Å²) in [6.45, 7) is 8.34. The maximum absolute atomic E-state index is 4.87. The van der Waals surface area contributed by atoms with Crippen molar-refractivity contribution >= 4 is 11.3 Å². The van der Waals surface area contributed by atoms with Crippen molar-refractivity contribution in [2.75, 3.05) is 18.0 Å². The second kappa shape index (κ2) is 5.97. The van der Waals surface area contributed by atoms with Gasteiger partial charge in [0.05, 0.1) is 17.1 Å². The Balaban J connectivity index is 1.58. The van der Waals surface area contributed by atoms with Crippen molar-refractivity contribution in [2.45, 2.75) is 57.8 Å². The Labute approximate surface area is 158 Å². The molecule has 1 atom stereocenters. The molecule has 2 aliphatic rings. The molecule has 7 nitrogen and oxygen atoms in total. The molecule has 3 aromatic rings. The van der Waals surface area contributed by atoms with Crippen molar-refractivity contribution in [1.82, 2.24) is 29.8 Å². The molecule has 1 saturated heterocycles. The van der Waals surface area contributed by atoms with E-state index in [1.54, 1.807) is 6.33 Å². The summed E-state index contributed by atoms with van der Waals surface area (Å²) in [5, 5.41) is 13.1. The van der Waals surface area contributed by atoms with Gasteiger partial charge in [-0.05, 0) is 50.2 Å². The topological polar surface area (TPSA) is 72.1 Å². The van der Waals surface area contributed by atoms with Gasteiger partial charge in [-0.2, -0.15) is 9.61 Å². The lowest BCUT2D eigenvalue weighted by atomic mass is 9.77. The second-order valence-electron chi connectivity index (χ2n) is 8.30. The number of aryl methyl sites for hydroxylation is 2. The molecular weight excluding hydrogens is 338 g/mol. The first-order valence-electron chi connectivity index (χ1n) is 9.85. The van der Waals surface area contributed by atoms with Crippen LogP contribution >= 0.6 is 0 Å². The largest absolute Gasteiger partial charge is 0.367 e. The zero-order valence-corrected chi connectivity index (χ0v) is 16.2. The molecule has 1 fully saturated rings. The molecule has 1 unspecified atom stereocenters. The van der Waals surface area contributed by atoms with Crippen LogP contribution in [0, 0.1) is 6.92 Å². The zero-order chi connectivity index (χ0) is 18.6. The molecule has 140 valence electrons. The van der Waals surface area contributed by atoms with Crippen LogP contribution in [0.3, 0.4) is 0 Å². The molecule has 0 aromatic carbocycles. The van der Waals surface area contributed by atoms with Gasteiger partial charge in [0.2, 0.25) is 5.65 Å². The monoisotopic (exact) mass is 363 g/mol. The summed E-state index contributed by atoms with van der Waals surface area (Å²) >= 11 is 0. The van der Waals surface area contributed by atoms with Gasteiger partial charge in [0, 0.05) is 24.7 Å². The van der Waals surface area contributed by atoms with Gasteiger partial charge < -0.3 is 4.90 Å². The van der Waals surface area contributed by atoms with E-state index in [0.29, 0.717) is 5.92 Å². The minimum Gasteiger partial charge on any atom is -0.367 e. The third kappa shape index (κ3) is 2.59. The molecule has 7 heteroatoms. The normalized spacial score (nSPS) is 22.1. The number of rotatable bonds is 2. The molecule has 0 amide bonds. The molecule has 1 spiro atoms. The summed E-state index contributed by atoms with van der Waals surface area (Å²) in [6, 6.07) is 2.20. The Morgan fingerprint density at radius 3 is 2.96 bits per heavy atom. The fourth-order valence-corrected chi connectivity index (χ4v) is 4.71. The van der Waals surface area contributed by atoms with Crippen LogP contribution in [-0.2, 0) is 11.8 Å². The number of aromatic nitrogens is 6. The minimum absolute atomic E-state index is 0.125. The Morgan fingerprint density at radius 2 is 2.11 bits per heavy atom. The van der Waals surface area contributed by atoms with Crippen LogP contribution in [0.25, 0.3) is 5.65 Å². The van der Waals surface area contributed by atoms with Crippen LogP contribution in [0.1, 0.15) is 61.8 Å². The summed E-state index contributed by atoms with van der Waals surface area (Å²) in [5.74, 6) is 1.23. The molecule has 1 aliphatic carbocycles. The number of anilines is 1. The highest BCUT2D eigenvalue weighted by molar-refractivity contribution is 5.69. The van der Waals surface area contributed by atoms with Crippen molar-refractivity contribution in [1.29, 1.82) is 0 Å². The molecule has 0 N–H and O–H groups in total. The van der Waals surface area contributed by atoms with E-state index in [0.717, 1.165) is 55.2 Å². The summed E-state index contributed by atoms with van der Waals surface area (Å²) in [7, 11) is 0. The molecule has 27 heavy (non-hydrogen) atoms. The summed E-state index contributed by atoms with van der Waals surface area (Å²) in [6.07, 6.45) is 8.32. The van der Waals surface area contributed by atoms with E-state index < -0.39 is 0 Å². The summed E-state index contributed by atoms with van der Waals surface area (Å²) in [4.78, 5) is 11.8. The van der Waals surface area contributed by atoms with Crippen LogP contribution in [-0.4, -0.2) is 42.9 Å². The lowest BCUT2D eigenvalue weighted by Crippen LogP contribution is -2.45. The highest BCUT2D eigenvalue weighted by Gasteiger charge is 2.44. The molecule has 0 bridgehead atoms. The Bertz CT molecular complexity index is 1000. The van der Waals surface area contributed by atoms with Gasteiger partial charge in [-0.3, -0.25) is 0 Å². The van der Waals surface area contributed by atoms with E-state index in [2.05, 4.69) is 45.1 Å². The van der Waals surface area contributed by atoms with Crippen molar-refractivity contribution < 1.29 is 0 Å². The predicted molar refractivity (Wildman–Crippen MR) is 103 cm³/mol. The van der Waals surface area contributed by atoms with E-state index in [9.17, 15) is 0 Å². The van der Waals surface area contributed by atoms with Crippen LogP contribution in [0.15, 0.2) is 18.6 Å². The lowest BCUT2D eigenvalue weighted by molar-refractivity contribution is 0.334. The van der Waals surface area contributed by atoms with Gasteiger partial charge >= 0.3 is 0 Å². The van der Waals surface area contributed by atoms with E-state index in [-0.39, 0.29) is 5.41 Å². The van der Waals surface area contributed by atoms with Gasteiger partial charge in [-0.1, -0.05) is 13.8 Å². The predicted octanol–water partition coefficient (Wildman–Crippen LogP) is 2.83. The quantitative estimate of drug-likeness (QED) is 0.697. The molecule has 5 rings (SSSR count). The van der Waals surface area contributed by atoms with Crippen LogP contribution < -0.4 is 4.90 Å². The number of hydrogen-bond donors (Lipinski definition) is 0. The first-order valence-corrected chi connectivity index (χ1v) is 9.85. The van der Waals surface area contributed by atoms with Crippen molar-refractivity contribution in [2.24, 2.45) is 0 Å². The van der Waals surface area contributed by atoms with Gasteiger partial charge in [0.25, 0.3) is 0 Å². The summed E-state index contributed by atoms with van der Waals surface area (Å²) in [5.41, 5.74) is 5.78. The third-order valence-corrected chi connectivity index (χ3v) is 6.14. The number of piperidine rings is 1. The van der Waals surface area contributed by atoms with Gasteiger partial charge in [0.1, 0.15) is 12.2 Å². The fourth-order valence-electron chi connectivity index (χ4n) is 4.71. The van der Waals surface area contributed by atoms with Crippen LogP contribution in [0.2, 0.25) is 0 Å². The van der Waals surface area contributed by atoms with Crippen LogP contribution in [0.4, 0.5) is 5.69 Å². The zero-order valence-electron chi connectivity index (χ0n) is 16.2. The Kier molecular flexibility index (Phi) is 3.67. The van der Waals surface area contributed by atoms with E-state index in [1.165, 1.54) is 17.7 Å². The second-order valence-corrected chi connectivity index (χ2v) is 8.30. The summed E-state index contributed by atoms with van der Waals surface area (Å²) < 4.78 is 1.82. The third-order valence-electron chi connectivity index (χ3n) is 6.14. The molecule has 4 heterocycles. The average Bonchev–Trinajstić information content (AvgIpc) is 3.26. The maximum atomic E-state index is 4.87. The maximum Gasteiger partial charge on any atom is 0.200 e. The first kappa shape index (κ1) is 16.6. The molecule has 3 aromatic heterocycles. The van der Waals surface area contributed by atoms with E-state index >= 15 is 0 Å². The average molecular weight is 363 g/mol. The number of fused-ring (bicyclic) bond motifs is 3. The first-order chi connectivity index (χ1) is 13.1. The minimum atomic E-state index is 0.125. The van der Waals surface area contributed by atoms with Crippen molar-refractivity contribution in [3.05, 3.63) is 41.4 Å². The van der Waals surface area contributed by atoms with Gasteiger partial charge in [-0.15, -0.1) is 10.2 Å². The van der Waals surface area contributed by atoms with E-state index in [4.69, 9.17) is 4.98 Å². The molecule has 0 radical (unpaired) electrons. The molecule has 1 aliphatic heterocycles. The van der Waals surface area contributed by atoms with E-state index in [1.807, 2.05) is 17.6 Å². The van der Waals surface area contributed by atoms with Crippen molar-refractivity contribution in [3.8, 4) is 0 Å². The SMILES string of the molecule is Cc1ncc2c(n1)C1(CCCN(c3cc(C(C)C)nn4cnnc34)C1)CC2. The fraction of sp³-hybridized carbons (Fsp3) is 0.550. The molecular formula is C20H25N7. The van der Waals surface area contributed by atoms with Gasteiger partial charge in [0.15, 0.2) is 0 Å². The smallest absolute Gasteiger partial charge is 0.200 e. The standard InChI is InChI=1S/C20H25N7/c1-13(2)16-9-17(19-24-22-12-27(19)25-16)26-8-4-6-20(11-26)7-5-15-10-21-14(3)23-18(15)20/h9-10,12-13H,4-8,11H2,1-3H3. The highest BCUT2D eigenvalue weighted by Crippen LogP contribution is 2.45. The number of hydrogen-bond acceptors (Lipinski definition) is 6. The molecule has 0 saturated carbocycles. The van der Waals surface area contributed by atoms with Crippen LogP contribution in [0.5, 0.6) is 0 Å². The Morgan fingerprint density at radius 1 is 1.22 bits per heavy atom. The Hall–Kier alpha value is -2.57. The van der Waals surface area contributed by atoms with Crippen molar-refractivity contribution in [3.63, 3.8) is 0 Å².